The number of nitro groups is 1. The van der Waals surface area contributed by atoms with Crippen LogP contribution in [0.4, 0.5) is 0 Å². The molecule has 0 radical (unpaired) electrons. The van der Waals surface area contributed by atoms with Gasteiger partial charge in [0.1, 0.15) is 0 Å². The van der Waals surface area contributed by atoms with Crippen molar-refractivity contribution in [3.8, 4) is 0 Å². The minimum Gasteiger partial charge on any atom is -0.264 e. The summed E-state index contributed by atoms with van der Waals surface area (Å²) in [6.07, 6.45) is 3.89. The Hall–Kier alpha value is -0.860. The molecule has 0 bridgehead atoms. The van der Waals surface area contributed by atoms with Crippen LogP contribution in [0.15, 0.2) is 11.6 Å². The van der Waals surface area contributed by atoms with E-state index in [1.165, 1.54) is 0 Å². The molecule has 3 nitrogen and oxygen atoms in total. The van der Waals surface area contributed by atoms with E-state index in [9.17, 15) is 10.1 Å². The van der Waals surface area contributed by atoms with Gasteiger partial charge in [0.15, 0.2) is 0 Å². The molecule has 0 saturated carbocycles. The molecule has 1 rings (SSSR count). The second-order valence-electron chi connectivity index (χ2n) is 5.04. The van der Waals surface area contributed by atoms with Crippen LogP contribution in [0.1, 0.15) is 40.5 Å². The largest absolute Gasteiger partial charge is 0.264 e. The van der Waals surface area contributed by atoms with Crippen LogP contribution in [0, 0.1) is 21.4 Å². The number of allylic oxidation sites excluding steroid dienone is 1. The predicted molar refractivity (Wildman–Crippen MR) is 56.7 cm³/mol. The zero-order valence-electron chi connectivity index (χ0n) is 9.41. The zero-order valence-corrected chi connectivity index (χ0v) is 9.41. The fourth-order valence-corrected chi connectivity index (χ4v) is 1.87. The van der Waals surface area contributed by atoms with E-state index in [1.54, 1.807) is 6.92 Å². The lowest BCUT2D eigenvalue weighted by Gasteiger charge is -2.36. The second kappa shape index (κ2) is 3.71. The van der Waals surface area contributed by atoms with Gasteiger partial charge >= 0.3 is 0 Å². The molecular formula is C11H19NO2. The number of hydrogen-bond donors (Lipinski definition) is 0. The number of rotatable bonds is 2. The highest BCUT2D eigenvalue weighted by atomic mass is 16.6. The quantitative estimate of drug-likeness (QED) is 0.388. The van der Waals surface area contributed by atoms with Gasteiger partial charge in [-0.1, -0.05) is 26.8 Å². The molecule has 0 heterocycles. The Kier molecular flexibility index (Phi) is 2.98. The molecule has 3 heteroatoms. The maximum Gasteiger partial charge on any atom is 0.231 e. The van der Waals surface area contributed by atoms with E-state index in [0.29, 0.717) is 5.92 Å². The van der Waals surface area contributed by atoms with Crippen LogP contribution in [0.2, 0.25) is 0 Å². The third-order valence-electron chi connectivity index (χ3n) is 3.58. The third kappa shape index (κ3) is 2.14. The van der Waals surface area contributed by atoms with E-state index in [-0.39, 0.29) is 10.3 Å². The van der Waals surface area contributed by atoms with Crippen molar-refractivity contribution >= 4 is 0 Å². The summed E-state index contributed by atoms with van der Waals surface area (Å²) in [6, 6.07) is -0.512. The van der Waals surface area contributed by atoms with Gasteiger partial charge in [0.2, 0.25) is 6.04 Å². The lowest BCUT2D eigenvalue weighted by atomic mass is 9.69. The van der Waals surface area contributed by atoms with E-state index < -0.39 is 6.04 Å². The summed E-state index contributed by atoms with van der Waals surface area (Å²) in [6.45, 7) is 8.27. The molecule has 80 valence electrons. The molecule has 2 unspecified atom stereocenters. The molecule has 0 spiro atoms. The van der Waals surface area contributed by atoms with Crippen LogP contribution in [0.3, 0.4) is 0 Å². The Balaban J connectivity index is 2.80. The Bertz CT molecular complexity index is 268. The monoisotopic (exact) mass is 197 g/mol. The first kappa shape index (κ1) is 11.2. The molecule has 0 aromatic heterocycles. The first-order valence-electron chi connectivity index (χ1n) is 5.17. The van der Waals surface area contributed by atoms with Crippen LogP contribution in [0.5, 0.6) is 0 Å². The van der Waals surface area contributed by atoms with Crippen molar-refractivity contribution in [3.05, 3.63) is 21.8 Å². The molecule has 0 aromatic carbocycles. The lowest BCUT2D eigenvalue weighted by molar-refractivity contribution is -0.508. The Labute approximate surface area is 85.3 Å². The second-order valence-corrected chi connectivity index (χ2v) is 5.04. The average Bonchev–Trinajstić information content (AvgIpc) is 2.08. The molecule has 0 amide bonds. The van der Waals surface area contributed by atoms with Gasteiger partial charge in [0, 0.05) is 11.8 Å². The SMILES string of the molecule is CC(C1=CCC(C)C(C)(C)C1)[N+](=O)[O-]. The van der Waals surface area contributed by atoms with Gasteiger partial charge in [-0.2, -0.15) is 0 Å². The Morgan fingerprint density at radius 2 is 2.21 bits per heavy atom. The van der Waals surface area contributed by atoms with Gasteiger partial charge in [-0.25, -0.2) is 0 Å². The number of hydrogen-bond acceptors (Lipinski definition) is 2. The van der Waals surface area contributed by atoms with Gasteiger partial charge < -0.3 is 0 Å². The van der Waals surface area contributed by atoms with Crippen molar-refractivity contribution < 1.29 is 4.92 Å². The van der Waals surface area contributed by atoms with Gasteiger partial charge in [-0.05, 0) is 29.7 Å². The summed E-state index contributed by atoms with van der Waals surface area (Å²) < 4.78 is 0. The summed E-state index contributed by atoms with van der Waals surface area (Å²) in [7, 11) is 0. The first-order valence-corrected chi connectivity index (χ1v) is 5.17. The van der Waals surface area contributed by atoms with Gasteiger partial charge in [-0.15, -0.1) is 0 Å². The van der Waals surface area contributed by atoms with E-state index >= 15 is 0 Å². The normalized spacial score (nSPS) is 28.0. The smallest absolute Gasteiger partial charge is 0.231 e. The summed E-state index contributed by atoms with van der Waals surface area (Å²) >= 11 is 0. The maximum atomic E-state index is 10.7. The van der Waals surface area contributed by atoms with E-state index in [0.717, 1.165) is 18.4 Å². The Morgan fingerprint density at radius 3 is 2.64 bits per heavy atom. The third-order valence-corrected chi connectivity index (χ3v) is 3.58. The first-order chi connectivity index (χ1) is 6.34. The van der Waals surface area contributed by atoms with E-state index in [1.807, 2.05) is 0 Å². The van der Waals surface area contributed by atoms with Crippen molar-refractivity contribution in [1.29, 1.82) is 0 Å². The molecule has 14 heavy (non-hydrogen) atoms. The molecule has 1 aliphatic rings. The van der Waals surface area contributed by atoms with Crippen molar-refractivity contribution in [2.45, 2.75) is 46.6 Å². The molecule has 0 fully saturated rings. The van der Waals surface area contributed by atoms with Crippen molar-refractivity contribution in [1.82, 2.24) is 0 Å². The highest BCUT2D eigenvalue weighted by molar-refractivity contribution is 5.14. The highest BCUT2D eigenvalue weighted by Crippen LogP contribution is 2.41. The lowest BCUT2D eigenvalue weighted by Crippen LogP contribution is -2.30. The summed E-state index contributed by atoms with van der Waals surface area (Å²) in [4.78, 5) is 10.5. The van der Waals surface area contributed by atoms with Crippen LogP contribution < -0.4 is 0 Å². The molecule has 0 N–H and O–H groups in total. The fourth-order valence-electron chi connectivity index (χ4n) is 1.87. The topological polar surface area (TPSA) is 43.1 Å². The van der Waals surface area contributed by atoms with Crippen molar-refractivity contribution in [2.24, 2.45) is 11.3 Å². The van der Waals surface area contributed by atoms with Gasteiger partial charge in [0.05, 0.1) is 0 Å². The molecule has 1 aliphatic carbocycles. The van der Waals surface area contributed by atoms with Crippen LogP contribution in [0.25, 0.3) is 0 Å². The van der Waals surface area contributed by atoms with E-state index in [4.69, 9.17) is 0 Å². The van der Waals surface area contributed by atoms with Gasteiger partial charge in [0.25, 0.3) is 0 Å². The predicted octanol–water partition coefficient (Wildman–Crippen LogP) is 3.03. The zero-order chi connectivity index (χ0) is 10.9. The van der Waals surface area contributed by atoms with Gasteiger partial charge in [-0.3, -0.25) is 10.1 Å². The fraction of sp³-hybridized carbons (Fsp3) is 0.818. The number of nitrogens with zero attached hydrogens (tertiary/aromatic N) is 1. The molecular weight excluding hydrogens is 178 g/mol. The van der Waals surface area contributed by atoms with Crippen LogP contribution in [-0.4, -0.2) is 11.0 Å². The maximum absolute atomic E-state index is 10.7. The molecule has 2 atom stereocenters. The average molecular weight is 197 g/mol. The Morgan fingerprint density at radius 1 is 1.64 bits per heavy atom. The van der Waals surface area contributed by atoms with Crippen molar-refractivity contribution in [2.75, 3.05) is 0 Å². The minimum absolute atomic E-state index is 0.197. The summed E-state index contributed by atoms with van der Waals surface area (Å²) in [5.41, 5.74) is 1.20. The summed E-state index contributed by atoms with van der Waals surface area (Å²) in [5.74, 6) is 0.616. The summed E-state index contributed by atoms with van der Waals surface area (Å²) in [5, 5.41) is 10.7. The standard InChI is InChI=1S/C11H19NO2/c1-8-5-6-10(7-11(8,3)4)9(2)12(13)14/h6,8-9H,5,7H2,1-4H3. The van der Waals surface area contributed by atoms with E-state index in [2.05, 4.69) is 26.8 Å². The van der Waals surface area contributed by atoms with Crippen molar-refractivity contribution in [3.63, 3.8) is 0 Å². The molecule has 0 saturated heterocycles. The van der Waals surface area contributed by atoms with Crippen LogP contribution in [-0.2, 0) is 0 Å². The highest BCUT2D eigenvalue weighted by Gasteiger charge is 2.34. The molecule has 0 aliphatic heterocycles. The van der Waals surface area contributed by atoms with Crippen LogP contribution >= 0.6 is 0 Å². The molecule has 0 aromatic rings. The minimum atomic E-state index is -0.512.